The highest BCUT2D eigenvalue weighted by Gasteiger charge is 2.64. The van der Waals surface area contributed by atoms with Crippen LogP contribution in [0.5, 0.6) is 0 Å². The molecule has 1 amide bonds. The van der Waals surface area contributed by atoms with Crippen molar-refractivity contribution in [2.24, 2.45) is 23.2 Å². The molecular weight excluding hydrogens is 431 g/mol. The quantitative estimate of drug-likeness (QED) is 0.662. The molecule has 4 saturated carbocycles. The van der Waals surface area contributed by atoms with Crippen LogP contribution in [0.3, 0.4) is 0 Å². The monoisotopic (exact) mass is 451 g/mol. The number of hydrogen-bond acceptors (Lipinski definition) is 4. The van der Waals surface area contributed by atoms with Gasteiger partial charge in [0.2, 0.25) is 0 Å². The Morgan fingerprint density at radius 1 is 1.17 bits per heavy atom. The van der Waals surface area contributed by atoms with E-state index in [1.165, 1.54) is 24.3 Å². The first-order valence-electron chi connectivity index (χ1n) is 9.45. The van der Waals surface area contributed by atoms with Crippen molar-refractivity contribution in [3.05, 3.63) is 35.9 Å². The lowest BCUT2D eigenvalue weighted by Crippen LogP contribution is -2.58. The summed E-state index contributed by atoms with van der Waals surface area (Å²) < 4.78 is 70.9. The Bertz CT molecular complexity index is 891. The second-order valence-electron chi connectivity index (χ2n) is 8.57. The maximum atomic E-state index is 14.8. The minimum Gasteiger partial charge on any atom is -0.320 e. The van der Waals surface area contributed by atoms with Crippen LogP contribution >= 0.6 is 11.6 Å². The number of hydrogen-bond donors (Lipinski definition) is 1. The molecule has 0 radical (unpaired) electrons. The van der Waals surface area contributed by atoms with Crippen LogP contribution in [0.4, 0.5) is 13.2 Å². The number of carbonyl (C=O) groups is 1. The molecule has 1 N–H and O–H groups in total. The van der Waals surface area contributed by atoms with Gasteiger partial charge in [0.25, 0.3) is 11.8 Å². The average molecular weight is 452 g/mol. The highest BCUT2D eigenvalue weighted by atomic mass is 35.5. The van der Waals surface area contributed by atoms with Gasteiger partial charge in [-0.3, -0.25) is 4.79 Å². The van der Waals surface area contributed by atoms with E-state index in [4.69, 9.17) is 16.3 Å². The highest BCUT2D eigenvalue weighted by molar-refractivity contribution is 7.92. The molecule has 0 heterocycles. The van der Waals surface area contributed by atoms with Crippen LogP contribution in [0.1, 0.15) is 42.5 Å². The second kappa shape index (κ2) is 6.85. The van der Waals surface area contributed by atoms with Gasteiger partial charge in [0.05, 0.1) is 6.61 Å². The summed E-state index contributed by atoms with van der Waals surface area (Å²) in [6.07, 6.45) is 1.74. The third kappa shape index (κ3) is 3.65. The summed E-state index contributed by atoms with van der Waals surface area (Å²) in [6, 6.07) is 7.38. The van der Waals surface area contributed by atoms with E-state index in [0.29, 0.717) is 19.3 Å². The fourth-order valence-electron chi connectivity index (χ4n) is 5.38. The van der Waals surface area contributed by atoms with Gasteiger partial charge < -0.3 is 4.74 Å². The number of ether oxygens (including phenoxy) is 1. The van der Waals surface area contributed by atoms with Gasteiger partial charge in [-0.2, -0.15) is 12.8 Å². The molecule has 0 aromatic heterocycles. The number of rotatable bonds is 6. The fourth-order valence-corrected chi connectivity index (χ4v) is 6.25. The molecule has 160 valence electrons. The van der Waals surface area contributed by atoms with Crippen LogP contribution in [0.25, 0.3) is 0 Å². The number of carbonyl (C=O) groups excluding carboxylic acids is 1. The number of alkyl halides is 4. The van der Waals surface area contributed by atoms with E-state index in [2.05, 4.69) is 0 Å². The number of benzene rings is 1. The summed E-state index contributed by atoms with van der Waals surface area (Å²) in [7, 11) is -5.03. The Morgan fingerprint density at radius 3 is 2.34 bits per heavy atom. The molecule has 0 saturated heterocycles. The summed E-state index contributed by atoms with van der Waals surface area (Å²) >= 11 is 5.52. The van der Waals surface area contributed by atoms with Crippen molar-refractivity contribution >= 4 is 27.5 Å². The van der Waals surface area contributed by atoms with Crippen molar-refractivity contribution < 1.29 is 31.1 Å². The topological polar surface area (TPSA) is 72.5 Å². The number of nitrogens with one attached hydrogen (secondary N) is 1. The van der Waals surface area contributed by atoms with Crippen molar-refractivity contribution in [2.45, 2.75) is 42.7 Å². The molecule has 5 nitrogen and oxygen atoms in total. The Hall–Kier alpha value is -1.32. The molecule has 29 heavy (non-hydrogen) atoms. The second-order valence-corrected chi connectivity index (χ2v) is 11.0. The summed E-state index contributed by atoms with van der Waals surface area (Å²) in [5.41, 5.74) is -0.713. The lowest BCUT2D eigenvalue weighted by atomic mass is 9.48. The van der Waals surface area contributed by atoms with Crippen molar-refractivity contribution in [3.63, 3.8) is 0 Å². The van der Waals surface area contributed by atoms with E-state index in [-0.39, 0.29) is 24.3 Å². The molecule has 10 heteroatoms. The Labute approximate surface area is 172 Å². The van der Waals surface area contributed by atoms with Gasteiger partial charge in [0, 0.05) is 17.4 Å². The lowest BCUT2D eigenvalue weighted by Gasteiger charge is -2.59. The zero-order chi connectivity index (χ0) is 21.1. The third-order valence-corrected chi connectivity index (χ3v) is 8.44. The third-order valence-electron chi connectivity index (χ3n) is 6.53. The molecule has 4 aliphatic rings. The van der Waals surface area contributed by atoms with Crippen LogP contribution in [0.15, 0.2) is 30.3 Å². The van der Waals surface area contributed by atoms with Crippen LogP contribution < -0.4 is 4.72 Å². The number of sulfonamides is 1. The van der Waals surface area contributed by atoms with Gasteiger partial charge >= 0.3 is 14.7 Å². The molecule has 1 aromatic rings. The zero-order valence-electron chi connectivity index (χ0n) is 15.4. The van der Waals surface area contributed by atoms with E-state index < -0.39 is 50.4 Å². The first-order valence-corrected chi connectivity index (χ1v) is 11.3. The van der Waals surface area contributed by atoms with Crippen LogP contribution in [-0.4, -0.2) is 31.5 Å². The molecule has 3 atom stereocenters. The maximum Gasteiger partial charge on any atom is 0.409 e. The van der Waals surface area contributed by atoms with Gasteiger partial charge in [0.1, 0.15) is 0 Å². The minimum absolute atomic E-state index is 0.00635. The van der Waals surface area contributed by atoms with Crippen LogP contribution in [0, 0.1) is 23.2 Å². The van der Waals surface area contributed by atoms with Gasteiger partial charge in [0.15, 0.2) is 0 Å². The molecule has 3 unspecified atom stereocenters. The van der Waals surface area contributed by atoms with Gasteiger partial charge in [-0.1, -0.05) is 18.2 Å². The zero-order valence-corrected chi connectivity index (χ0v) is 17.0. The Kier molecular flexibility index (Phi) is 4.94. The van der Waals surface area contributed by atoms with Crippen molar-refractivity contribution in [1.29, 1.82) is 0 Å². The summed E-state index contributed by atoms with van der Waals surface area (Å²) in [5.74, 6) is -5.28. The first-order chi connectivity index (χ1) is 13.4. The Morgan fingerprint density at radius 2 is 1.76 bits per heavy atom. The van der Waals surface area contributed by atoms with E-state index >= 15 is 0 Å². The van der Waals surface area contributed by atoms with Gasteiger partial charge in [-0.15, -0.1) is 0 Å². The SMILES string of the molecule is O=C(NS(=O)(=O)C(F)(Cl)OCC12CC3CC(C1)C(F)(F)C(C3)C2)c1ccccc1. The highest BCUT2D eigenvalue weighted by Crippen LogP contribution is 2.65. The molecule has 0 aliphatic heterocycles. The molecule has 1 aromatic carbocycles. The molecule has 0 spiro atoms. The minimum atomic E-state index is -5.03. The van der Waals surface area contributed by atoms with Crippen LogP contribution in [-0.2, 0) is 14.8 Å². The molecular formula is C19H21ClF3NO4S. The van der Waals surface area contributed by atoms with E-state index in [9.17, 15) is 26.4 Å². The predicted molar refractivity (Wildman–Crippen MR) is 99.4 cm³/mol. The number of amides is 1. The van der Waals surface area contributed by atoms with E-state index in [1.807, 2.05) is 0 Å². The number of halogens is 4. The summed E-state index contributed by atoms with van der Waals surface area (Å²) in [5, 5.41) is 0. The average Bonchev–Trinajstić information content (AvgIpc) is 2.65. The molecule has 4 bridgehead atoms. The lowest BCUT2D eigenvalue weighted by molar-refractivity contribution is -0.240. The maximum absolute atomic E-state index is 14.8. The molecule has 4 aliphatic carbocycles. The molecule has 5 rings (SSSR count). The smallest absolute Gasteiger partial charge is 0.320 e. The van der Waals surface area contributed by atoms with Crippen molar-refractivity contribution in [3.8, 4) is 0 Å². The largest absolute Gasteiger partial charge is 0.409 e. The van der Waals surface area contributed by atoms with Gasteiger partial charge in [-0.05, 0) is 67.2 Å². The van der Waals surface area contributed by atoms with Gasteiger partial charge in [-0.25, -0.2) is 13.5 Å². The normalized spacial score (nSPS) is 34.6. The standard InChI is InChI=1S/C19H21ClF3NO4S/c20-19(23,29(26,27)24-16(25)13-4-2-1-3-5-13)28-11-17-8-12-6-14(9-17)18(21,22)15(7-12)10-17/h1-5,12,14-15H,6-11H2,(H,24,25). The first kappa shape index (κ1) is 20.9. The predicted octanol–water partition coefficient (Wildman–Crippen LogP) is 4.04. The summed E-state index contributed by atoms with van der Waals surface area (Å²) in [6.45, 7) is -0.396. The summed E-state index contributed by atoms with van der Waals surface area (Å²) in [4.78, 5) is 12.1. The molecule has 4 fully saturated rings. The Balaban J connectivity index is 1.44. The van der Waals surface area contributed by atoms with Crippen molar-refractivity contribution in [1.82, 2.24) is 4.72 Å². The van der Waals surface area contributed by atoms with E-state index in [0.717, 1.165) is 0 Å². The van der Waals surface area contributed by atoms with Crippen molar-refractivity contribution in [2.75, 3.05) is 6.61 Å². The van der Waals surface area contributed by atoms with Crippen LogP contribution in [0.2, 0.25) is 0 Å². The van der Waals surface area contributed by atoms with E-state index in [1.54, 1.807) is 10.8 Å². The fraction of sp³-hybridized carbons (Fsp3) is 0.632.